The molecule has 1 spiro atoms. The van der Waals surface area contributed by atoms with E-state index in [0.29, 0.717) is 43.6 Å². The standard InChI is InChI=1S/C50H76O14/c1-28-13-12-16-35(27-51)50(55)26-39(52)31(4)21-38(50)48(54)60-37-22-36(63-49(25-37)20-19-30(3)46(64-49)34-14-10-9-11-15-34)18-17-29(2)45(28)61-43-24-41(57-8)47(33(6)59-43)62-42-23-40(56-7)44(53)32(5)58-42/h12-13,16-17,19-21,28,30,32-34,36-47,51-53,55H,9-11,14-15,18,22-27H2,1-8H3/t28-,30-,32-,33-,36+,37-,38-,39-,40-,41-,42-,43-,44-,45?,46-,47-,49+,50+/m0/s1. The Hall–Kier alpha value is -2.31. The van der Waals surface area contributed by atoms with E-state index in [4.69, 9.17) is 42.6 Å². The summed E-state index contributed by atoms with van der Waals surface area (Å²) in [5.74, 6) is -2.56. The third kappa shape index (κ3) is 11.0. The van der Waals surface area contributed by atoms with Crippen molar-refractivity contribution in [3.8, 4) is 0 Å². The Bertz CT molecular complexity index is 1740. The van der Waals surface area contributed by atoms with Gasteiger partial charge in [0.1, 0.15) is 29.8 Å². The molecule has 3 saturated heterocycles. The summed E-state index contributed by atoms with van der Waals surface area (Å²) in [5, 5.41) is 44.7. The summed E-state index contributed by atoms with van der Waals surface area (Å²) in [6.45, 7) is 11.2. The van der Waals surface area contributed by atoms with E-state index in [0.717, 1.165) is 18.4 Å². The molecule has 5 heterocycles. The number of aliphatic hydroxyl groups excluding tert-OH is 3. The first-order chi connectivity index (χ1) is 30.6. The van der Waals surface area contributed by atoms with Crippen molar-refractivity contribution in [3.63, 3.8) is 0 Å². The van der Waals surface area contributed by atoms with Crippen molar-refractivity contribution in [1.82, 2.24) is 0 Å². The van der Waals surface area contributed by atoms with Gasteiger partial charge in [-0.05, 0) is 75.7 Å². The molecule has 7 rings (SSSR count). The number of ether oxygens (including phenoxy) is 9. The minimum atomic E-state index is -1.92. The number of fused-ring (bicyclic) bond motifs is 3. The van der Waals surface area contributed by atoms with Crippen LogP contribution < -0.4 is 0 Å². The first kappa shape index (κ1) is 49.6. The van der Waals surface area contributed by atoms with E-state index in [1.165, 1.54) is 19.3 Å². The highest BCUT2D eigenvalue weighted by atomic mass is 16.7. The molecular weight excluding hydrogens is 825 g/mol. The number of allylic oxidation sites excluding steroid dienone is 2. The van der Waals surface area contributed by atoms with Gasteiger partial charge in [0.25, 0.3) is 0 Å². The molecule has 0 radical (unpaired) electrons. The fourth-order valence-corrected chi connectivity index (χ4v) is 11.2. The van der Waals surface area contributed by atoms with Crippen molar-refractivity contribution in [2.24, 2.45) is 23.7 Å². The summed E-state index contributed by atoms with van der Waals surface area (Å²) in [7, 11) is 3.21. The second kappa shape index (κ2) is 21.3. The Morgan fingerprint density at radius 2 is 1.52 bits per heavy atom. The third-order valence-electron chi connectivity index (χ3n) is 15.1. The SMILES string of the molecule is CO[C@H]1C[C@H](O[C@H]2[C@H](C)O[C@@H](OC3C(C)=CC[C@@H]4C[C@@H](C[C@]5(C=C[C@H](C)[C@@H](C6CCCCC6)O5)O4)OC(=O)[C@@H]4C=C(C)[C@@H](O)C[C@@]4(O)C(CO)=CC=C[C@@H]3C)C[C@@H]2OC)O[C@@H](C)[C@@H]1O. The second-order valence-corrected chi connectivity index (χ2v) is 19.8. The number of hydrogen-bond acceptors (Lipinski definition) is 14. The van der Waals surface area contributed by atoms with Crippen LogP contribution in [0.1, 0.15) is 112 Å². The monoisotopic (exact) mass is 901 g/mol. The minimum absolute atomic E-state index is 0.0403. The molecule has 2 aliphatic carbocycles. The molecule has 14 heteroatoms. The first-order valence-corrected chi connectivity index (χ1v) is 23.9. The molecule has 0 aromatic carbocycles. The van der Waals surface area contributed by atoms with Crippen molar-refractivity contribution >= 4 is 5.97 Å². The lowest BCUT2D eigenvalue weighted by Crippen LogP contribution is -2.55. The predicted octanol–water partition coefficient (Wildman–Crippen LogP) is 5.90. The van der Waals surface area contributed by atoms with Crippen LogP contribution in [-0.2, 0) is 47.4 Å². The van der Waals surface area contributed by atoms with Crippen molar-refractivity contribution in [3.05, 3.63) is 59.3 Å². The van der Waals surface area contributed by atoms with Crippen LogP contribution in [0.25, 0.3) is 0 Å². The molecule has 4 fully saturated rings. The van der Waals surface area contributed by atoms with Crippen LogP contribution in [-0.4, -0.2) is 138 Å². The Morgan fingerprint density at radius 1 is 0.812 bits per heavy atom. The van der Waals surface area contributed by atoms with Crippen molar-refractivity contribution in [1.29, 1.82) is 0 Å². The summed E-state index contributed by atoms with van der Waals surface area (Å²) in [4.78, 5) is 14.4. The third-order valence-corrected chi connectivity index (χ3v) is 15.1. The predicted molar refractivity (Wildman–Crippen MR) is 236 cm³/mol. The molecule has 7 aliphatic rings. The maximum Gasteiger partial charge on any atom is 0.316 e. The highest BCUT2D eigenvalue weighted by Gasteiger charge is 2.52. The van der Waals surface area contributed by atoms with Gasteiger partial charge in [-0.15, -0.1) is 0 Å². The molecule has 1 saturated carbocycles. The minimum Gasteiger partial charge on any atom is -0.462 e. The van der Waals surface area contributed by atoms with Crippen LogP contribution in [0, 0.1) is 23.7 Å². The first-order valence-electron chi connectivity index (χ1n) is 23.9. The number of carbonyl (C=O) groups excluding carboxylic acids is 1. The topological polar surface area (TPSA) is 181 Å². The van der Waals surface area contributed by atoms with Gasteiger partial charge < -0.3 is 63.1 Å². The quantitative estimate of drug-likeness (QED) is 0.167. The maximum absolute atomic E-state index is 14.4. The normalized spacial score (nSPS) is 45.2. The molecule has 64 heavy (non-hydrogen) atoms. The highest BCUT2D eigenvalue weighted by Crippen LogP contribution is 2.45. The zero-order chi connectivity index (χ0) is 45.9. The van der Waals surface area contributed by atoms with Crippen molar-refractivity contribution in [2.45, 2.75) is 203 Å². The molecule has 18 atom stereocenters. The highest BCUT2D eigenvalue weighted by molar-refractivity contribution is 5.78. The smallest absolute Gasteiger partial charge is 0.316 e. The van der Waals surface area contributed by atoms with E-state index >= 15 is 0 Å². The average Bonchev–Trinajstić information content (AvgIpc) is 3.27. The zero-order valence-electron chi connectivity index (χ0n) is 39.2. The van der Waals surface area contributed by atoms with E-state index in [1.54, 1.807) is 46.3 Å². The summed E-state index contributed by atoms with van der Waals surface area (Å²) >= 11 is 0. The van der Waals surface area contributed by atoms with Crippen molar-refractivity contribution < 1.29 is 67.9 Å². The van der Waals surface area contributed by atoms with Gasteiger partial charge >= 0.3 is 5.97 Å². The lowest BCUT2D eigenvalue weighted by Gasteiger charge is -2.49. The lowest BCUT2D eigenvalue weighted by atomic mass is 9.71. The average molecular weight is 901 g/mol. The Kier molecular flexibility index (Phi) is 16.5. The summed E-state index contributed by atoms with van der Waals surface area (Å²) < 4.78 is 57.9. The Morgan fingerprint density at radius 3 is 2.23 bits per heavy atom. The zero-order valence-corrected chi connectivity index (χ0v) is 39.2. The molecule has 0 amide bonds. The fraction of sp³-hybridized carbons (Fsp3) is 0.780. The molecule has 360 valence electrons. The molecule has 2 bridgehead atoms. The fourth-order valence-electron chi connectivity index (χ4n) is 11.2. The van der Waals surface area contributed by atoms with E-state index in [9.17, 15) is 25.2 Å². The summed E-state index contributed by atoms with van der Waals surface area (Å²) in [6, 6.07) is 0. The van der Waals surface area contributed by atoms with Gasteiger partial charge in [0, 0.05) is 58.2 Å². The van der Waals surface area contributed by atoms with E-state index < -0.39 is 104 Å². The van der Waals surface area contributed by atoms with Crippen LogP contribution in [0.3, 0.4) is 0 Å². The molecule has 14 nitrogen and oxygen atoms in total. The van der Waals surface area contributed by atoms with Crippen LogP contribution >= 0.6 is 0 Å². The number of methoxy groups -OCH3 is 2. The number of rotatable bonds is 8. The number of aliphatic hydroxyl groups is 4. The molecule has 5 aliphatic heterocycles. The van der Waals surface area contributed by atoms with Gasteiger partial charge in [0.15, 0.2) is 18.4 Å². The van der Waals surface area contributed by atoms with Gasteiger partial charge in [-0.25, -0.2) is 0 Å². The Labute approximate surface area is 379 Å². The van der Waals surface area contributed by atoms with Crippen LogP contribution in [0.5, 0.6) is 0 Å². The van der Waals surface area contributed by atoms with Gasteiger partial charge in [-0.2, -0.15) is 0 Å². The number of carbonyl (C=O) groups is 1. The van der Waals surface area contributed by atoms with Gasteiger partial charge in [-0.1, -0.05) is 69.6 Å². The molecule has 4 N–H and O–H groups in total. The number of hydrogen-bond donors (Lipinski definition) is 4. The summed E-state index contributed by atoms with van der Waals surface area (Å²) in [5.41, 5.74) is -0.246. The lowest BCUT2D eigenvalue weighted by molar-refractivity contribution is -0.318. The van der Waals surface area contributed by atoms with E-state index in [1.807, 2.05) is 32.9 Å². The molecule has 1 unspecified atom stereocenters. The van der Waals surface area contributed by atoms with Crippen LogP contribution in [0.4, 0.5) is 0 Å². The van der Waals surface area contributed by atoms with Gasteiger partial charge in [0.05, 0.1) is 55.4 Å². The van der Waals surface area contributed by atoms with E-state index in [2.05, 4.69) is 19.1 Å². The maximum atomic E-state index is 14.4. The molecular formula is C50H76O14. The molecule has 0 aromatic heterocycles. The Balaban J connectivity index is 1.18. The molecule has 0 aromatic rings. The van der Waals surface area contributed by atoms with E-state index in [-0.39, 0.29) is 29.9 Å². The number of esters is 1. The summed E-state index contributed by atoms with van der Waals surface area (Å²) in [6.07, 6.45) is 13.9. The van der Waals surface area contributed by atoms with Crippen molar-refractivity contribution in [2.75, 3.05) is 20.8 Å². The van der Waals surface area contributed by atoms with Gasteiger partial charge in [0.2, 0.25) is 0 Å². The van der Waals surface area contributed by atoms with Crippen LogP contribution in [0.2, 0.25) is 0 Å². The van der Waals surface area contributed by atoms with Crippen LogP contribution in [0.15, 0.2) is 59.3 Å². The second-order valence-electron chi connectivity index (χ2n) is 19.8. The van der Waals surface area contributed by atoms with Gasteiger partial charge in [-0.3, -0.25) is 4.79 Å². The largest absolute Gasteiger partial charge is 0.462 e.